The zero-order valence-electron chi connectivity index (χ0n) is 9.06. The SMILES string of the molecule is c1ccc(NCCCCc2nn[nH]n2)cc1. The van der Waals surface area contributed by atoms with E-state index in [1.54, 1.807) is 0 Å². The van der Waals surface area contributed by atoms with Gasteiger partial charge in [0.1, 0.15) is 0 Å². The highest BCUT2D eigenvalue weighted by atomic mass is 15.5. The summed E-state index contributed by atoms with van der Waals surface area (Å²) in [5.74, 6) is 0.791. The van der Waals surface area contributed by atoms with E-state index in [1.165, 1.54) is 5.69 Å². The van der Waals surface area contributed by atoms with Gasteiger partial charge in [0.15, 0.2) is 5.82 Å². The van der Waals surface area contributed by atoms with Crippen molar-refractivity contribution in [1.82, 2.24) is 20.6 Å². The van der Waals surface area contributed by atoms with Crippen LogP contribution in [0.25, 0.3) is 0 Å². The fourth-order valence-corrected chi connectivity index (χ4v) is 1.49. The van der Waals surface area contributed by atoms with Gasteiger partial charge in [-0.3, -0.25) is 0 Å². The topological polar surface area (TPSA) is 66.5 Å². The van der Waals surface area contributed by atoms with Crippen LogP contribution < -0.4 is 5.32 Å². The maximum atomic E-state index is 3.90. The van der Waals surface area contributed by atoms with Gasteiger partial charge in [-0.2, -0.15) is 5.21 Å². The number of hydrogen-bond donors (Lipinski definition) is 2. The second-order valence-electron chi connectivity index (χ2n) is 3.58. The molecule has 2 aromatic rings. The van der Waals surface area contributed by atoms with Crippen molar-refractivity contribution in [2.24, 2.45) is 0 Å². The summed E-state index contributed by atoms with van der Waals surface area (Å²) in [6.45, 7) is 0.974. The van der Waals surface area contributed by atoms with Gasteiger partial charge in [-0.05, 0) is 25.0 Å². The molecule has 5 nitrogen and oxygen atoms in total. The molecule has 2 rings (SSSR count). The average molecular weight is 217 g/mol. The van der Waals surface area contributed by atoms with Crippen molar-refractivity contribution in [1.29, 1.82) is 0 Å². The van der Waals surface area contributed by atoms with E-state index in [1.807, 2.05) is 18.2 Å². The molecular weight excluding hydrogens is 202 g/mol. The van der Waals surface area contributed by atoms with Crippen molar-refractivity contribution in [2.45, 2.75) is 19.3 Å². The molecule has 0 unspecified atom stereocenters. The fraction of sp³-hybridized carbons (Fsp3) is 0.364. The highest BCUT2D eigenvalue weighted by Crippen LogP contribution is 2.05. The summed E-state index contributed by atoms with van der Waals surface area (Å²) in [7, 11) is 0. The summed E-state index contributed by atoms with van der Waals surface area (Å²) in [6, 6.07) is 10.2. The van der Waals surface area contributed by atoms with Gasteiger partial charge in [-0.25, -0.2) is 0 Å². The predicted octanol–water partition coefficient (Wildman–Crippen LogP) is 1.63. The minimum absolute atomic E-state index is 0.791. The van der Waals surface area contributed by atoms with E-state index in [2.05, 4.69) is 38.1 Å². The fourth-order valence-electron chi connectivity index (χ4n) is 1.49. The van der Waals surface area contributed by atoms with Crippen LogP contribution in [0.15, 0.2) is 30.3 Å². The Morgan fingerprint density at radius 3 is 2.75 bits per heavy atom. The molecule has 0 aliphatic carbocycles. The molecular formula is C11H15N5. The zero-order valence-corrected chi connectivity index (χ0v) is 9.06. The Morgan fingerprint density at radius 1 is 1.12 bits per heavy atom. The zero-order chi connectivity index (χ0) is 11.1. The monoisotopic (exact) mass is 217 g/mol. The van der Waals surface area contributed by atoms with Crippen molar-refractivity contribution in [3.8, 4) is 0 Å². The number of aryl methyl sites for hydroxylation is 1. The number of rotatable bonds is 6. The molecule has 0 radical (unpaired) electrons. The van der Waals surface area contributed by atoms with E-state index in [-0.39, 0.29) is 0 Å². The Kier molecular flexibility index (Phi) is 3.87. The lowest BCUT2D eigenvalue weighted by Crippen LogP contribution is -2.02. The molecule has 0 bridgehead atoms. The number of para-hydroxylation sites is 1. The van der Waals surface area contributed by atoms with Crippen LogP contribution in [-0.4, -0.2) is 27.2 Å². The standard InChI is InChI=1S/C11H15N5/c1-2-6-10(7-3-1)12-9-5-4-8-11-13-15-16-14-11/h1-3,6-7,12H,4-5,8-9H2,(H,13,14,15,16). The second-order valence-corrected chi connectivity index (χ2v) is 3.58. The largest absolute Gasteiger partial charge is 0.385 e. The van der Waals surface area contributed by atoms with Crippen LogP contribution in [-0.2, 0) is 6.42 Å². The molecule has 0 amide bonds. The highest BCUT2D eigenvalue weighted by Gasteiger charge is 1.97. The number of anilines is 1. The Bertz CT molecular complexity index is 384. The summed E-state index contributed by atoms with van der Waals surface area (Å²) in [4.78, 5) is 0. The Hall–Kier alpha value is -1.91. The maximum Gasteiger partial charge on any atom is 0.174 e. The van der Waals surface area contributed by atoms with Crippen LogP contribution >= 0.6 is 0 Å². The molecule has 1 aromatic carbocycles. The van der Waals surface area contributed by atoms with Crippen molar-refractivity contribution in [3.05, 3.63) is 36.2 Å². The van der Waals surface area contributed by atoms with Crippen molar-refractivity contribution < 1.29 is 0 Å². The Labute approximate surface area is 94.3 Å². The molecule has 84 valence electrons. The molecule has 0 spiro atoms. The van der Waals surface area contributed by atoms with Crippen LogP contribution in [0.4, 0.5) is 5.69 Å². The number of aromatic nitrogens is 4. The first-order chi connectivity index (χ1) is 7.95. The van der Waals surface area contributed by atoms with E-state index in [0.717, 1.165) is 31.6 Å². The lowest BCUT2D eigenvalue weighted by Gasteiger charge is -2.04. The number of tetrazole rings is 1. The van der Waals surface area contributed by atoms with Crippen LogP contribution in [0.2, 0.25) is 0 Å². The number of unbranched alkanes of at least 4 members (excludes halogenated alkanes) is 1. The molecule has 0 aliphatic rings. The van der Waals surface area contributed by atoms with Crippen LogP contribution in [0, 0.1) is 0 Å². The van der Waals surface area contributed by atoms with E-state index < -0.39 is 0 Å². The van der Waals surface area contributed by atoms with E-state index in [9.17, 15) is 0 Å². The van der Waals surface area contributed by atoms with E-state index in [4.69, 9.17) is 0 Å². The van der Waals surface area contributed by atoms with Gasteiger partial charge in [0.2, 0.25) is 0 Å². The van der Waals surface area contributed by atoms with E-state index >= 15 is 0 Å². The molecule has 1 aromatic heterocycles. The molecule has 1 heterocycles. The molecule has 5 heteroatoms. The Morgan fingerprint density at radius 2 is 2.00 bits per heavy atom. The number of nitrogens with one attached hydrogen (secondary N) is 2. The molecule has 0 saturated heterocycles. The molecule has 16 heavy (non-hydrogen) atoms. The summed E-state index contributed by atoms with van der Waals surface area (Å²) >= 11 is 0. The second kappa shape index (κ2) is 5.85. The van der Waals surface area contributed by atoms with Gasteiger partial charge < -0.3 is 5.32 Å². The normalized spacial score (nSPS) is 10.2. The molecule has 0 atom stereocenters. The van der Waals surface area contributed by atoms with Gasteiger partial charge in [0, 0.05) is 18.7 Å². The highest BCUT2D eigenvalue weighted by molar-refractivity contribution is 5.42. The third-order valence-corrected chi connectivity index (χ3v) is 2.32. The number of aromatic amines is 1. The van der Waals surface area contributed by atoms with Crippen LogP contribution in [0.5, 0.6) is 0 Å². The summed E-state index contributed by atoms with van der Waals surface area (Å²) in [6.07, 6.45) is 3.05. The molecule has 0 fully saturated rings. The van der Waals surface area contributed by atoms with Crippen molar-refractivity contribution in [2.75, 3.05) is 11.9 Å². The quantitative estimate of drug-likeness (QED) is 0.722. The van der Waals surface area contributed by atoms with E-state index in [0.29, 0.717) is 0 Å². The van der Waals surface area contributed by atoms with Gasteiger partial charge in [-0.15, -0.1) is 10.2 Å². The maximum absolute atomic E-state index is 3.90. The van der Waals surface area contributed by atoms with Crippen molar-refractivity contribution in [3.63, 3.8) is 0 Å². The van der Waals surface area contributed by atoms with Gasteiger partial charge in [-0.1, -0.05) is 23.4 Å². The van der Waals surface area contributed by atoms with Crippen LogP contribution in [0.3, 0.4) is 0 Å². The van der Waals surface area contributed by atoms with Gasteiger partial charge in [0.25, 0.3) is 0 Å². The average Bonchev–Trinajstić information content (AvgIpc) is 2.83. The summed E-state index contributed by atoms with van der Waals surface area (Å²) < 4.78 is 0. The number of nitrogens with zero attached hydrogens (tertiary/aromatic N) is 3. The predicted molar refractivity (Wildman–Crippen MR) is 62.0 cm³/mol. The molecule has 0 aliphatic heterocycles. The number of H-pyrrole nitrogens is 1. The molecule has 2 N–H and O–H groups in total. The minimum atomic E-state index is 0.791. The number of hydrogen-bond acceptors (Lipinski definition) is 4. The first-order valence-corrected chi connectivity index (χ1v) is 5.46. The number of benzene rings is 1. The first-order valence-electron chi connectivity index (χ1n) is 5.46. The summed E-state index contributed by atoms with van der Waals surface area (Å²) in [5.41, 5.74) is 1.17. The smallest absolute Gasteiger partial charge is 0.174 e. The lowest BCUT2D eigenvalue weighted by atomic mass is 10.2. The minimum Gasteiger partial charge on any atom is -0.385 e. The molecule has 0 saturated carbocycles. The summed E-state index contributed by atoms with van der Waals surface area (Å²) in [5, 5.41) is 17.1. The third-order valence-electron chi connectivity index (χ3n) is 2.32. The van der Waals surface area contributed by atoms with Gasteiger partial charge >= 0.3 is 0 Å². The van der Waals surface area contributed by atoms with Crippen LogP contribution in [0.1, 0.15) is 18.7 Å². The first kappa shape index (κ1) is 10.6. The van der Waals surface area contributed by atoms with Gasteiger partial charge in [0.05, 0.1) is 0 Å². The third kappa shape index (κ3) is 3.34. The van der Waals surface area contributed by atoms with Crippen molar-refractivity contribution >= 4 is 5.69 Å². The Balaban J connectivity index is 1.59. The lowest BCUT2D eigenvalue weighted by molar-refractivity contribution is 0.731.